The quantitative estimate of drug-likeness (QED) is 0.0948. The number of carbonyl (C=O) groups is 1. The summed E-state index contributed by atoms with van der Waals surface area (Å²) in [4.78, 5) is 27.4. The number of hydrogen-bond acceptors (Lipinski definition) is 7. The molecule has 0 bridgehead atoms. The minimum atomic E-state index is -1.28. The average molecular weight is 784 g/mol. The Labute approximate surface area is 317 Å². The van der Waals surface area contributed by atoms with Crippen molar-refractivity contribution in [3.05, 3.63) is 166 Å². The second-order valence-electron chi connectivity index (χ2n) is 12.8. The van der Waals surface area contributed by atoms with Gasteiger partial charge >= 0.3 is 16.5 Å². The molecule has 0 aliphatic carbocycles. The van der Waals surface area contributed by atoms with E-state index in [1.807, 2.05) is 109 Å². The predicted octanol–water partition coefficient (Wildman–Crippen LogP) is 6.26. The molecule has 5 aromatic rings. The molecule has 0 amide bonds. The molecule has 0 saturated carbocycles. The van der Waals surface area contributed by atoms with Gasteiger partial charge < -0.3 is 19.9 Å². The molecule has 0 spiro atoms. The fraction of sp³-hybridized carbons (Fsp3) is 0.214. The molecule has 5 aromatic carbocycles. The van der Waals surface area contributed by atoms with Gasteiger partial charge in [-0.3, -0.25) is 14.9 Å². The van der Waals surface area contributed by atoms with Crippen LogP contribution in [0.2, 0.25) is 0 Å². The van der Waals surface area contributed by atoms with Gasteiger partial charge in [-0.05, 0) is 78.7 Å². The first-order valence-electron chi connectivity index (χ1n) is 17.0. The molecule has 2 heterocycles. The van der Waals surface area contributed by atoms with Crippen LogP contribution in [0.1, 0.15) is 46.7 Å². The van der Waals surface area contributed by atoms with E-state index in [0.717, 1.165) is 58.2 Å². The number of benzene rings is 5. The second-order valence-corrected chi connectivity index (χ2v) is 13.7. The molecule has 2 aliphatic rings. The van der Waals surface area contributed by atoms with E-state index >= 15 is 0 Å². The first-order valence-corrected chi connectivity index (χ1v) is 17.8. The number of halogens is 1. The summed E-state index contributed by atoms with van der Waals surface area (Å²) in [5, 5.41) is 27.2. The maximum Gasteiger partial charge on any atom is 2.00 e. The van der Waals surface area contributed by atoms with Crippen LogP contribution < -0.4 is 15.1 Å². The molecule has 51 heavy (non-hydrogen) atoms. The van der Waals surface area contributed by atoms with Crippen LogP contribution in [0.25, 0.3) is 0 Å². The third-order valence-electron chi connectivity index (χ3n) is 9.61. The smallest absolute Gasteiger partial charge is 0.861 e. The van der Waals surface area contributed by atoms with Crippen LogP contribution in [-0.2, 0) is 34.3 Å². The van der Waals surface area contributed by atoms with Crippen LogP contribution in [-0.4, -0.2) is 47.7 Å². The number of carboxylic acid groups (broad SMARTS) is 1. The van der Waals surface area contributed by atoms with Gasteiger partial charge in [0.05, 0.1) is 23.4 Å². The van der Waals surface area contributed by atoms with Crippen LogP contribution in [0.3, 0.4) is 0 Å². The van der Waals surface area contributed by atoms with Crippen LogP contribution in [0.15, 0.2) is 148 Å². The fourth-order valence-electron chi connectivity index (χ4n) is 7.23. The first-order chi connectivity index (χ1) is 24.5. The zero-order valence-electron chi connectivity index (χ0n) is 27.9. The fourth-order valence-corrected chi connectivity index (χ4v) is 7.49. The van der Waals surface area contributed by atoms with Crippen molar-refractivity contribution in [2.45, 2.75) is 43.9 Å². The Bertz CT molecular complexity index is 2010. The molecule has 7 rings (SSSR count). The average Bonchev–Trinajstić information content (AvgIpc) is 3.61. The summed E-state index contributed by atoms with van der Waals surface area (Å²) in [5.41, 5.74) is 6.25. The number of hydrogen-bond donors (Lipinski definition) is 0. The molecular weight excluding hydrogens is 747 g/mol. The van der Waals surface area contributed by atoms with Crippen molar-refractivity contribution in [2.75, 3.05) is 18.0 Å². The Morgan fingerprint density at radius 2 is 1.47 bits per heavy atom. The molecule has 3 atom stereocenters. The van der Waals surface area contributed by atoms with Crippen LogP contribution in [0.4, 0.5) is 11.4 Å². The maximum atomic E-state index is 13.9. The predicted molar refractivity (Wildman–Crippen MR) is 199 cm³/mol. The van der Waals surface area contributed by atoms with Crippen molar-refractivity contribution in [2.24, 2.45) is 9.98 Å². The Hall–Kier alpha value is -4.56. The zero-order valence-corrected chi connectivity index (χ0v) is 30.5. The summed E-state index contributed by atoms with van der Waals surface area (Å²) >= 11 is 3.53. The van der Waals surface area contributed by atoms with E-state index in [9.17, 15) is 15.0 Å². The molecule has 1 fully saturated rings. The monoisotopic (exact) mass is 782 g/mol. The Morgan fingerprint density at radius 1 is 0.804 bits per heavy atom. The molecule has 0 aromatic heterocycles. The van der Waals surface area contributed by atoms with E-state index in [4.69, 9.17) is 9.98 Å². The van der Waals surface area contributed by atoms with Gasteiger partial charge in [-0.2, -0.15) is 0 Å². The number of anilines is 1. The van der Waals surface area contributed by atoms with Crippen molar-refractivity contribution in [3.8, 4) is 0 Å². The van der Waals surface area contributed by atoms with Crippen LogP contribution in [0.5, 0.6) is 0 Å². The first kappa shape index (κ1) is 36.2. The minimum Gasteiger partial charge on any atom is -0.861 e. The Kier molecular flexibility index (Phi) is 11.8. The summed E-state index contributed by atoms with van der Waals surface area (Å²) in [6.07, 6.45) is 2.42. The number of aliphatic carboxylic acids is 1. The number of nitrogens with zero attached hydrogens (tertiary/aromatic N) is 4. The molecule has 0 unspecified atom stereocenters. The van der Waals surface area contributed by atoms with Gasteiger partial charge in [0, 0.05) is 40.4 Å². The summed E-state index contributed by atoms with van der Waals surface area (Å²) < 4.78 is 0.937. The van der Waals surface area contributed by atoms with Gasteiger partial charge in [0.15, 0.2) is 0 Å². The standard InChI is InChI=1S/C42H39BrN4O3.Ni/c43-32-21-23-33(24-22-32)47-27-25-30-14-7-8-17-34(30)40(47)39(42(49)50)45-38(31-15-5-2-6-16-31)35-18-9-10-19-36(35)44-41(48)37-20-11-26-46(37)28-29-12-3-1-4-13-29;/h1-10,12-19,21-24,37,39-40H,11,20,25-28H2,(H,44,48)(H,49,50);/q;+2/p-2/t37-,39-,40-;/m0./s1. The molecule has 2 aliphatic heterocycles. The van der Waals surface area contributed by atoms with Gasteiger partial charge in [-0.1, -0.05) is 119 Å². The van der Waals surface area contributed by atoms with Gasteiger partial charge in [0.1, 0.15) is 6.04 Å². The topological polar surface area (TPSA) is 94.4 Å². The second kappa shape index (κ2) is 16.6. The van der Waals surface area contributed by atoms with Crippen molar-refractivity contribution < 1.29 is 31.5 Å². The third-order valence-corrected chi connectivity index (χ3v) is 10.1. The number of fused-ring (bicyclic) bond motifs is 1. The van der Waals surface area contributed by atoms with Crippen molar-refractivity contribution in [1.29, 1.82) is 0 Å². The summed E-state index contributed by atoms with van der Waals surface area (Å²) in [6, 6.07) is 40.7. The Balaban J connectivity index is 0.00000448. The van der Waals surface area contributed by atoms with E-state index in [0.29, 0.717) is 30.1 Å². The molecule has 7 nitrogen and oxygen atoms in total. The van der Waals surface area contributed by atoms with Gasteiger partial charge in [0.2, 0.25) is 0 Å². The van der Waals surface area contributed by atoms with Gasteiger partial charge in [0.25, 0.3) is 0 Å². The number of para-hydroxylation sites is 1. The molecular formula is C42H37BrN4NiO3. The van der Waals surface area contributed by atoms with Crippen molar-refractivity contribution in [3.63, 3.8) is 0 Å². The van der Waals surface area contributed by atoms with E-state index in [1.54, 1.807) is 6.07 Å². The van der Waals surface area contributed by atoms with Gasteiger partial charge in [-0.15, -0.1) is 0 Å². The summed E-state index contributed by atoms with van der Waals surface area (Å²) in [5.74, 6) is -1.49. The summed E-state index contributed by atoms with van der Waals surface area (Å²) in [6.45, 7) is 2.12. The Morgan fingerprint density at radius 3 is 2.22 bits per heavy atom. The number of carbonyl (C=O) groups excluding carboxylic acids is 1. The van der Waals surface area contributed by atoms with Crippen LogP contribution in [0, 0.1) is 0 Å². The molecule has 0 N–H and O–H groups in total. The maximum absolute atomic E-state index is 13.9. The molecule has 260 valence electrons. The molecule has 1 saturated heterocycles. The van der Waals surface area contributed by atoms with E-state index in [2.05, 4.69) is 43.9 Å². The third kappa shape index (κ3) is 8.17. The SMILES string of the molecule is O=C([O-])[C@@H](N=C(c1ccccc1)c1ccccc1N=C([O-])[C@@H]1CCCN1Cc1ccccc1)[C@@H]1c2ccccc2CCN1c1ccc(Br)cc1.[Ni+2]. The van der Waals surface area contributed by atoms with Crippen molar-refractivity contribution in [1.82, 2.24) is 4.90 Å². The number of aliphatic imine (C=N–C) groups is 2. The van der Waals surface area contributed by atoms with E-state index in [1.165, 1.54) is 0 Å². The zero-order chi connectivity index (χ0) is 34.5. The normalized spacial score (nSPS) is 18.5. The number of likely N-dealkylation sites (tertiary alicyclic amines) is 1. The molecule has 0 radical (unpaired) electrons. The summed E-state index contributed by atoms with van der Waals surface area (Å²) in [7, 11) is 0. The van der Waals surface area contributed by atoms with Crippen LogP contribution >= 0.6 is 15.9 Å². The number of rotatable bonds is 10. The van der Waals surface area contributed by atoms with Crippen molar-refractivity contribution >= 4 is 44.9 Å². The molecule has 9 heteroatoms. The minimum absolute atomic E-state index is 0. The number of carboxylic acids is 1. The van der Waals surface area contributed by atoms with Gasteiger partial charge in [-0.25, -0.2) is 0 Å². The largest absolute Gasteiger partial charge is 2.00 e. The van der Waals surface area contributed by atoms with E-state index < -0.39 is 18.1 Å². The van der Waals surface area contributed by atoms with E-state index in [-0.39, 0.29) is 28.4 Å².